The molecule has 0 bridgehead atoms. The van der Waals surface area contributed by atoms with Gasteiger partial charge in [0.15, 0.2) is 5.13 Å². The standard InChI is InChI=1S/C16H27N3S/c1-4-16(3)7-9-19(10-8-16)15-18-12(2)14(20-15)11-17-13-5-6-13/h13,17H,4-11H2,1-3H3. The number of nitrogens with one attached hydrogen (secondary N) is 1. The van der Waals surface area contributed by atoms with Crippen molar-refractivity contribution >= 4 is 16.5 Å². The van der Waals surface area contributed by atoms with Crippen LogP contribution in [0.3, 0.4) is 0 Å². The van der Waals surface area contributed by atoms with Crippen molar-refractivity contribution in [2.24, 2.45) is 5.41 Å². The molecule has 112 valence electrons. The number of aryl methyl sites for hydroxylation is 1. The Kier molecular flexibility index (Phi) is 4.04. The van der Waals surface area contributed by atoms with Gasteiger partial charge in [-0.15, -0.1) is 11.3 Å². The first-order valence-corrected chi connectivity index (χ1v) is 8.86. The molecule has 0 amide bonds. The van der Waals surface area contributed by atoms with E-state index in [1.165, 1.54) is 60.9 Å². The molecule has 3 rings (SSSR count). The van der Waals surface area contributed by atoms with Crippen LogP contribution in [-0.4, -0.2) is 24.1 Å². The highest BCUT2D eigenvalue weighted by atomic mass is 32.1. The van der Waals surface area contributed by atoms with Crippen LogP contribution in [0.2, 0.25) is 0 Å². The van der Waals surface area contributed by atoms with E-state index in [4.69, 9.17) is 4.98 Å². The fourth-order valence-corrected chi connectivity index (χ4v) is 3.89. The van der Waals surface area contributed by atoms with Gasteiger partial charge in [0, 0.05) is 30.6 Å². The van der Waals surface area contributed by atoms with Gasteiger partial charge in [-0.1, -0.05) is 20.3 Å². The average Bonchev–Trinajstić information content (AvgIpc) is 3.21. The molecule has 2 heterocycles. The molecule has 1 saturated heterocycles. The molecule has 3 nitrogen and oxygen atoms in total. The Morgan fingerprint density at radius 2 is 2.05 bits per heavy atom. The van der Waals surface area contributed by atoms with Crippen LogP contribution in [-0.2, 0) is 6.54 Å². The SMILES string of the molecule is CCC1(C)CCN(c2nc(C)c(CNC3CC3)s2)CC1. The summed E-state index contributed by atoms with van der Waals surface area (Å²) in [6, 6.07) is 0.778. The second-order valence-corrected chi connectivity index (χ2v) is 7.87. The van der Waals surface area contributed by atoms with E-state index in [2.05, 4.69) is 31.0 Å². The van der Waals surface area contributed by atoms with Crippen LogP contribution < -0.4 is 10.2 Å². The van der Waals surface area contributed by atoms with E-state index < -0.39 is 0 Å². The van der Waals surface area contributed by atoms with Crippen molar-refractivity contribution in [3.8, 4) is 0 Å². The van der Waals surface area contributed by atoms with Crippen molar-refractivity contribution in [3.63, 3.8) is 0 Å². The molecular formula is C16H27N3S. The van der Waals surface area contributed by atoms with Crippen LogP contribution in [0.15, 0.2) is 0 Å². The number of hydrogen-bond acceptors (Lipinski definition) is 4. The summed E-state index contributed by atoms with van der Waals surface area (Å²) in [5, 5.41) is 4.85. The van der Waals surface area contributed by atoms with Gasteiger partial charge in [0.1, 0.15) is 0 Å². The molecule has 1 aromatic heterocycles. The van der Waals surface area contributed by atoms with Crippen molar-refractivity contribution < 1.29 is 0 Å². The first-order chi connectivity index (χ1) is 9.59. The summed E-state index contributed by atoms with van der Waals surface area (Å²) < 4.78 is 0. The molecule has 2 fully saturated rings. The Morgan fingerprint density at radius 3 is 2.65 bits per heavy atom. The highest BCUT2D eigenvalue weighted by Crippen LogP contribution is 2.37. The summed E-state index contributed by atoms with van der Waals surface area (Å²) in [7, 11) is 0. The normalized spacial score (nSPS) is 22.2. The Bertz CT molecular complexity index is 456. The molecule has 1 aliphatic heterocycles. The maximum atomic E-state index is 4.81. The quantitative estimate of drug-likeness (QED) is 0.897. The second kappa shape index (κ2) is 5.64. The summed E-state index contributed by atoms with van der Waals surface area (Å²) in [5.74, 6) is 0. The molecule has 0 unspecified atom stereocenters. The Hall–Kier alpha value is -0.610. The molecule has 4 heteroatoms. The summed E-state index contributed by atoms with van der Waals surface area (Å²) in [6.45, 7) is 10.3. The van der Waals surface area contributed by atoms with Crippen LogP contribution in [0.5, 0.6) is 0 Å². The molecular weight excluding hydrogens is 266 g/mol. The fraction of sp³-hybridized carbons (Fsp3) is 0.812. The number of nitrogens with zero attached hydrogens (tertiary/aromatic N) is 2. The predicted molar refractivity (Wildman–Crippen MR) is 86.6 cm³/mol. The summed E-state index contributed by atoms with van der Waals surface area (Å²) in [5.41, 5.74) is 1.78. The second-order valence-electron chi connectivity index (χ2n) is 6.81. The minimum atomic E-state index is 0.555. The van der Waals surface area contributed by atoms with E-state index >= 15 is 0 Å². The maximum Gasteiger partial charge on any atom is 0.185 e. The lowest BCUT2D eigenvalue weighted by molar-refractivity contribution is 0.238. The monoisotopic (exact) mass is 293 g/mol. The zero-order valence-electron chi connectivity index (χ0n) is 13.0. The predicted octanol–water partition coefficient (Wildman–Crippen LogP) is 3.72. The van der Waals surface area contributed by atoms with Gasteiger partial charge in [-0.3, -0.25) is 0 Å². The molecule has 1 aliphatic carbocycles. The maximum absolute atomic E-state index is 4.81. The zero-order chi connectivity index (χ0) is 14.2. The smallest absolute Gasteiger partial charge is 0.185 e. The van der Waals surface area contributed by atoms with Crippen LogP contribution in [0, 0.1) is 12.3 Å². The van der Waals surface area contributed by atoms with E-state index in [1.54, 1.807) is 0 Å². The lowest BCUT2D eigenvalue weighted by Gasteiger charge is -2.38. The highest BCUT2D eigenvalue weighted by Gasteiger charge is 2.29. The average molecular weight is 293 g/mol. The van der Waals surface area contributed by atoms with Crippen molar-refractivity contribution in [1.29, 1.82) is 0 Å². The van der Waals surface area contributed by atoms with Gasteiger partial charge in [-0.2, -0.15) is 0 Å². The van der Waals surface area contributed by atoms with E-state index in [1.807, 2.05) is 11.3 Å². The molecule has 1 saturated carbocycles. The summed E-state index contributed by atoms with van der Waals surface area (Å²) in [4.78, 5) is 8.73. The van der Waals surface area contributed by atoms with Gasteiger partial charge in [0.2, 0.25) is 0 Å². The largest absolute Gasteiger partial charge is 0.348 e. The van der Waals surface area contributed by atoms with Gasteiger partial charge < -0.3 is 10.2 Å². The van der Waals surface area contributed by atoms with E-state index in [9.17, 15) is 0 Å². The first kappa shape index (κ1) is 14.3. The number of anilines is 1. The molecule has 0 radical (unpaired) electrons. The minimum absolute atomic E-state index is 0.555. The van der Waals surface area contributed by atoms with Crippen LogP contribution in [0.4, 0.5) is 5.13 Å². The Balaban J connectivity index is 1.61. The number of rotatable bonds is 5. The molecule has 0 atom stereocenters. The number of thiazole rings is 1. The van der Waals surface area contributed by atoms with Gasteiger partial charge in [0.05, 0.1) is 5.69 Å². The third-order valence-corrected chi connectivity index (χ3v) is 6.32. The number of piperidine rings is 1. The van der Waals surface area contributed by atoms with Crippen molar-refractivity contribution in [3.05, 3.63) is 10.6 Å². The molecule has 1 N–H and O–H groups in total. The van der Waals surface area contributed by atoms with Crippen molar-refractivity contribution in [1.82, 2.24) is 10.3 Å². The summed E-state index contributed by atoms with van der Waals surface area (Å²) in [6.07, 6.45) is 6.61. The van der Waals surface area contributed by atoms with E-state index in [0.29, 0.717) is 5.41 Å². The van der Waals surface area contributed by atoms with E-state index in [0.717, 1.165) is 12.6 Å². The van der Waals surface area contributed by atoms with Gasteiger partial charge >= 0.3 is 0 Å². The third-order valence-electron chi connectivity index (χ3n) is 5.10. The minimum Gasteiger partial charge on any atom is -0.348 e. The van der Waals surface area contributed by atoms with E-state index in [-0.39, 0.29) is 0 Å². The van der Waals surface area contributed by atoms with Gasteiger partial charge in [0.25, 0.3) is 0 Å². The van der Waals surface area contributed by atoms with Crippen LogP contribution in [0.1, 0.15) is 56.5 Å². The van der Waals surface area contributed by atoms with Crippen LogP contribution in [0.25, 0.3) is 0 Å². The molecule has 1 aromatic rings. The molecule has 2 aliphatic rings. The molecule has 0 spiro atoms. The summed E-state index contributed by atoms with van der Waals surface area (Å²) >= 11 is 1.90. The van der Waals surface area contributed by atoms with Crippen molar-refractivity contribution in [2.45, 2.75) is 65.5 Å². The number of hydrogen-bond donors (Lipinski definition) is 1. The lowest BCUT2D eigenvalue weighted by atomic mass is 9.78. The van der Waals surface area contributed by atoms with Gasteiger partial charge in [-0.05, 0) is 38.0 Å². The molecule has 0 aromatic carbocycles. The van der Waals surface area contributed by atoms with Crippen LogP contribution >= 0.6 is 11.3 Å². The van der Waals surface area contributed by atoms with Crippen molar-refractivity contribution in [2.75, 3.05) is 18.0 Å². The number of aromatic nitrogens is 1. The fourth-order valence-electron chi connectivity index (χ4n) is 2.83. The topological polar surface area (TPSA) is 28.2 Å². The first-order valence-electron chi connectivity index (χ1n) is 8.04. The molecule has 20 heavy (non-hydrogen) atoms. The zero-order valence-corrected chi connectivity index (χ0v) is 13.9. The third kappa shape index (κ3) is 3.17. The Labute approximate surface area is 126 Å². The van der Waals surface area contributed by atoms with Gasteiger partial charge in [-0.25, -0.2) is 4.98 Å². The highest BCUT2D eigenvalue weighted by molar-refractivity contribution is 7.15. The lowest BCUT2D eigenvalue weighted by Crippen LogP contribution is -2.38. The Morgan fingerprint density at radius 1 is 1.35 bits per heavy atom.